The standard InChI is InChI=1S/C23H16ClNS/c24-19-13-14-21-20(16-19)25-15-7-12-22(25)23(26-21,17-8-3-1-4-9-17)18-10-5-2-6-11-18/h1-16H. The molecule has 3 aromatic carbocycles. The molecule has 3 heteroatoms. The average molecular weight is 374 g/mol. The fourth-order valence-electron chi connectivity index (χ4n) is 3.79. The van der Waals surface area contributed by atoms with Crippen molar-refractivity contribution in [3.8, 4) is 5.69 Å². The van der Waals surface area contributed by atoms with Gasteiger partial charge in [0.1, 0.15) is 4.75 Å². The highest BCUT2D eigenvalue weighted by atomic mass is 35.5. The second-order valence-corrected chi connectivity index (χ2v) is 8.08. The molecule has 1 aliphatic heterocycles. The molecule has 4 aromatic rings. The molecule has 0 aliphatic carbocycles. The number of hydrogen-bond donors (Lipinski definition) is 0. The van der Waals surface area contributed by atoms with Crippen molar-refractivity contribution in [3.63, 3.8) is 0 Å². The molecule has 1 aromatic heterocycles. The summed E-state index contributed by atoms with van der Waals surface area (Å²) in [5.41, 5.74) is 4.94. The van der Waals surface area contributed by atoms with Crippen LogP contribution in [-0.4, -0.2) is 4.57 Å². The van der Waals surface area contributed by atoms with Crippen LogP contribution in [0.4, 0.5) is 0 Å². The third-order valence-electron chi connectivity index (χ3n) is 4.91. The molecule has 1 aliphatic rings. The van der Waals surface area contributed by atoms with Crippen molar-refractivity contribution < 1.29 is 0 Å². The Morgan fingerprint density at radius 1 is 0.731 bits per heavy atom. The molecule has 0 saturated heterocycles. The van der Waals surface area contributed by atoms with Crippen LogP contribution in [0.3, 0.4) is 0 Å². The van der Waals surface area contributed by atoms with Gasteiger partial charge in [-0.05, 0) is 41.5 Å². The zero-order valence-electron chi connectivity index (χ0n) is 14.0. The molecular formula is C23H16ClNS. The van der Waals surface area contributed by atoms with E-state index in [4.69, 9.17) is 11.6 Å². The molecule has 0 unspecified atom stereocenters. The highest BCUT2D eigenvalue weighted by Gasteiger charge is 2.43. The van der Waals surface area contributed by atoms with Crippen LogP contribution in [0.2, 0.25) is 5.02 Å². The van der Waals surface area contributed by atoms with Gasteiger partial charge in [0, 0.05) is 21.8 Å². The predicted octanol–water partition coefficient (Wildman–Crippen LogP) is 6.53. The molecule has 1 nitrogen and oxygen atoms in total. The summed E-state index contributed by atoms with van der Waals surface area (Å²) >= 11 is 8.18. The maximum atomic E-state index is 6.29. The second-order valence-electron chi connectivity index (χ2n) is 6.39. The first-order chi connectivity index (χ1) is 12.8. The van der Waals surface area contributed by atoms with Crippen LogP contribution < -0.4 is 0 Å². The molecule has 26 heavy (non-hydrogen) atoms. The van der Waals surface area contributed by atoms with Crippen molar-refractivity contribution in [2.24, 2.45) is 0 Å². The number of halogens is 1. The Bertz CT molecular complexity index is 1030. The number of nitrogens with zero attached hydrogens (tertiary/aromatic N) is 1. The van der Waals surface area contributed by atoms with Gasteiger partial charge in [0.25, 0.3) is 0 Å². The van der Waals surface area contributed by atoms with E-state index in [1.165, 1.54) is 21.7 Å². The Kier molecular flexibility index (Phi) is 3.70. The smallest absolute Gasteiger partial charge is 0.111 e. The summed E-state index contributed by atoms with van der Waals surface area (Å²) in [6.07, 6.45) is 2.13. The molecule has 0 saturated carbocycles. The summed E-state index contributed by atoms with van der Waals surface area (Å²) in [5.74, 6) is 0. The van der Waals surface area contributed by atoms with Crippen molar-refractivity contribution in [1.82, 2.24) is 4.57 Å². The topological polar surface area (TPSA) is 4.93 Å². The summed E-state index contributed by atoms with van der Waals surface area (Å²) < 4.78 is 1.98. The van der Waals surface area contributed by atoms with Crippen LogP contribution in [0.1, 0.15) is 16.8 Å². The largest absolute Gasteiger partial charge is 0.318 e. The van der Waals surface area contributed by atoms with Gasteiger partial charge in [0.2, 0.25) is 0 Å². The van der Waals surface area contributed by atoms with Gasteiger partial charge in [-0.2, -0.15) is 0 Å². The molecule has 126 valence electrons. The van der Waals surface area contributed by atoms with E-state index in [-0.39, 0.29) is 4.75 Å². The number of benzene rings is 3. The Hall–Kier alpha value is -2.42. The first kappa shape index (κ1) is 15.8. The van der Waals surface area contributed by atoms with Gasteiger partial charge < -0.3 is 4.57 Å². The van der Waals surface area contributed by atoms with Gasteiger partial charge in [-0.3, -0.25) is 0 Å². The minimum absolute atomic E-state index is 0.299. The van der Waals surface area contributed by atoms with Gasteiger partial charge in [-0.15, -0.1) is 11.8 Å². The molecule has 0 fully saturated rings. The third kappa shape index (κ3) is 2.26. The van der Waals surface area contributed by atoms with Crippen molar-refractivity contribution in [2.45, 2.75) is 9.64 Å². The van der Waals surface area contributed by atoms with Crippen LogP contribution in [0.5, 0.6) is 0 Å². The molecule has 5 rings (SSSR count). The molecule has 0 N–H and O–H groups in total. The first-order valence-corrected chi connectivity index (χ1v) is 9.76. The lowest BCUT2D eigenvalue weighted by Gasteiger charge is -2.39. The summed E-state index contributed by atoms with van der Waals surface area (Å²) in [4.78, 5) is 1.23. The van der Waals surface area contributed by atoms with Gasteiger partial charge in [-0.25, -0.2) is 0 Å². The summed E-state index contributed by atoms with van der Waals surface area (Å²) in [6.45, 7) is 0. The van der Waals surface area contributed by atoms with E-state index in [1.54, 1.807) is 0 Å². The van der Waals surface area contributed by atoms with Crippen LogP contribution in [0.15, 0.2) is 102 Å². The van der Waals surface area contributed by atoms with E-state index in [0.29, 0.717) is 0 Å². The Morgan fingerprint density at radius 3 is 2.04 bits per heavy atom. The van der Waals surface area contributed by atoms with Crippen molar-refractivity contribution in [2.75, 3.05) is 0 Å². The van der Waals surface area contributed by atoms with E-state index < -0.39 is 0 Å². The van der Waals surface area contributed by atoms with Crippen LogP contribution in [-0.2, 0) is 4.75 Å². The lowest BCUT2D eigenvalue weighted by molar-refractivity contribution is 0.783. The molecule has 0 spiro atoms. The zero-order valence-corrected chi connectivity index (χ0v) is 15.5. The van der Waals surface area contributed by atoms with E-state index in [2.05, 4.69) is 89.6 Å². The summed E-state index contributed by atoms with van der Waals surface area (Å²) in [6, 6.07) is 32.0. The lowest BCUT2D eigenvalue weighted by atomic mass is 9.87. The molecule has 0 bridgehead atoms. The monoisotopic (exact) mass is 373 g/mol. The summed E-state index contributed by atoms with van der Waals surface area (Å²) in [5, 5.41) is 0.760. The van der Waals surface area contributed by atoms with Crippen LogP contribution in [0, 0.1) is 0 Å². The summed E-state index contributed by atoms with van der Waals surface area (Å²) in [7, 11) is 0. The van der Waals surface area contributed by atoms with Gasteiger partial charge >= 0.3 is 0 Å². The maximum absolute atomic E-state index is 6.29. The number of rotatable bonds is 2. The fraction of sp³-hybridized carbons (Fsp3) is 0.0435. The van der Waals surface area contributed by atoms with E-state index >= 15 is 0 Å². The molecular weight excluding hydrogens is 358 g/mol. The van der Waals surface area contributed by atoms with E-state index in [1.807, 2.05) is 23.9 Å². The Balaban J connectivity index is 1.86. The minimum Gasteiger partial charge on any atom is -0.318 e. The quantitative estimate of drug-likeness (QED) is 0.386. The molecule has 0 atom stereocenters. The van der Waals surface area contributed by atoms with E-state index in [0.717, 1.165) is 10.7 Å². The van der Waals surface area contributed by atoms with Crippen molar-refractivity contribution in [1.29, 1.82) is 0 Å². The number of thioether (sulfide) groups is 1. The normalized spacial score (nSPS) is 14.5. The van der Waals surface area contributed by atoms with Gasteiger partial charge in [-0.1, -0.05) is 72.3 Å². The predicted molar refractivity (Wildman–Crippen MR) is 109 cm³/mol. The minimum atomic E-state index is -0.299. The van der Waals surface area contributed by atoms with Crippen molar-refractivity contribution >= 4 is 23.4 Å². The highest BCUT2D eigenvalue weighted by molar-refractivity contribution is 8.00. The molecule has 2 heterocycles. The number of aromatic nitrogens is 1. The molecule has 0 radical (unpaired) electrons. The number of hydrogen-bond acceptors (Lipinski definition) is 1. The van der Waals surface area contributed by atoms with Gasteiger partial charge in [0.15, 0.2) is 0 Å². The SMILES string of the molecule is Clc1ccc2c(c1)-n1cccc1C(c1ccccc1)(c1ccccc1)S2. The lowest BCUT2D eigenvalue weighted by Crippen LogP contribution is -2.31. The van der Waals surface area contributed by atoms with Crippen LogP contribution in [0.25, 0.3) is 5.69 Å². The maximum Gasteiger partial charge on any atom is 0.111 e. The second kappa shape index (κ2) is 6.08. The van der Waals surface area contributed by atoms with E-state index in [9.17, 15) is 0 Å². The van der Waals surface area contributed by atoms with Crippen molar-refractivity contribution in [3.05, 3.63) is 119 Å². The zero-order chi connectivity index (χ0) is 17.6. The fourth-order valence-corrected chi connectivity index (χ4v) is 5.46. The third-order valence-corrected chi connectivity index (χ3v) is 6.70. The Morgan fingerprint density at radius 2 is 1.38 bits per heavy atom. The average Bonchev–Trinajstić information content (AvgIpc) is 3.20. The Labute approximate surface area is 162 Å². The molecule has 0 amide bonds. The van der Waals surface area contributed by atoms with Crippen LogP contribution >= 0.6 is 23.4 Å². The highest BCUT2D eigenvalue weighted by Crippen LogP contribution is 2.56. The first-order valence-electron chi connectivity index (χ1n) is 8.57. The van der Waals surface area contributed by atoms with Gasteiger partial charge in [0.05, 0.1) is 5.69 Å². The number of fused-ring (bicyclic) bond motifs is 3.